The van der Waals surface area contributed by atoms with E-state index in [1.54, 1.807) is 15.8 Å². The van der Waals surface area contributed by atoms with Gasteiger partial charge in [-0.25, -0.2) is 4.79 Å². The van der Waals surface area contributed by atoms with E-state index in [1.807, 2.05) is 32.2 Å². The summed E-state index contributed by atoms with van der Waals surface area (Å²) in [5, 5.41) is 17.9. The molecule has 118 valence electrons. The minimum Gasteiger partial charge on any atom is -0.388 e. The standard InChI is InChI=1S/C15H20N4O3/c1-3-19(13-8-22-9-14(13)20)15(21)17-11-4-5-12-10(6-11)7-16-18(12)2/h4-7,13-14,20H,3,8-9H2,1-2H3,(H,17,21)/t13-,14-/m0/s1. The second-order valence-electron chi connectivity index (χ2n) is 5.43. The zero-order chi connectivity index (χ0) is 15.7. The van der Waals surface area contributed by atoms with Crippen molar-refractivity contribution in [3.63, 3.8) is 0 Å². The normalized spacial score (nSPS) is 21.2. The fourth-order valence-corrected chi connectivity index (χ4v) is 2.79. The van der Waals surface area contributed by atoms with E-state index in [9.17, 15) is 9.90 Å². The molecule has 3 rings (SSSR count). The number of nitrogens with zero attached hydrogens (tertiary/aromatic N) is 3. The van der Waals surface area contributed by atoms with E-state index in [1.165, 1.54) is 0 Å². The maximum atomic E-state index is 12.4. The van der Waals surface area contributed by atoms with Crippen molar-refractivity contribution in [3.8, 4) is 0 Å². The predicted octanol–water partition coefficient (Wildman–Crippen LogP) is 1.19. The van der Waals surface area contributed by atoms with Gasteiger partial charge in [0.2, 0.25) is 0 Å². The van der Waals surface area contributed by atoms with Crippen LogP contribution in [0, 0.1) is 0 Å². The molecule has 1 aromatic carbocycles. The number of ether oxygens (including phenoxy) is 1. The zero-order valence-electron chi connectivity index (χ0n) is 12.7. The van der Waals surface area contributed by atoms with Gasteiger partial charge < -0.3 is 20.1 Å². The molecule has 0 spiro atoms. The first kappa shape index (κ1) is 14.8. The molecule has 2 amide bonds. The van der Waals surface area contributed by atoms with Crippen LogP contribution in [-0.2, 0) is 11.8 Å². The van der Waals surface area contributed by atoms with Crippen molar-refractivity contribution in [2.75, 3.05) is 25.1 Å². The summed E-state index contributed by atoms with van der Waals surface area (Å²) in [5.41, 5.74) is 1.71. The largest absolute Gasteiger partial charge is 0.388 e. The summed E-state index contributed by atoms with van der Waals surface area (Å²) in [7, 11) is 1.88. The van der Waals surface area contributed by atoms with Gasteiger partial charge in [0.25, 0.3) is 0 Å². The number of likely N-dealkylation sites (N-methyl/N-ethyl adjacent to an activating group) is 1. The number of rotatable bonds is 3. The van der Waals surface area contributed by atoms with E-state index in [-0.39, 0.29) is 18.7 Å². The minimum atomic E-state index is -0.633. The van der Waals surface area contributed by atoms with Crippen LogP contribution in [0.25, 0.3) is 10.9 Å². The third-order valence-electron chi connectivity index (χ3n) is 4.02. The molecule has 1 saturated heterocycles. The monoisotopic (exact) mass is 304 g/mol. The van der Waals surface area contributed by atoms with E-state index >= 15 is 0 Å². The van der Waals surface area contributed by atoms with E-state index in [0.717, 1.165) is 10.9 Å². The Kier molecular flexibility index (Phi) is 4.00. The smallest absolute Gasteiger partial charge is 0.322 e. The average Bonchev–Trinajstić information content (AvgIpc) is 3.07. The molecule has 1 fully saturated rings. The van der Waals surface area contributed by atoms with E-state index in [4.69, 9.17) is 4.74 Å². The van der Waals surface area contributed by atoms with Crippen LogP contribution in [-0.4, -0.2) is 57.7 Å². The molecule has 2 N–H and O–H groups in total. The van der Waals surface area contributed by atoms with Crippen molar-refractivity contribution >= 4 is 22.6 Å². The zero-order valence-corrected chi connectivity index (χ0v) is 12.7. The summed E-state index contributed by atoms with van der Waals surface area (Å²) >= 11 is 0. The van der Waals surface area contributed by atoms with Crippen LogP contribution < -0.4 is 5.32 Å². The number of aryl methyl sites for hydroxylation is 1. The Labute approximate surface area is 128 Å². The number of carbonyl (C=O) groups is 1. The molecule has 0 radical (unpaired) electrons. The quantitative estimate of drug-likeness (QED) is 0.892. The van der Waals surface area contributed by atoms with Gasteiger partial charge in [0.05, 0.1) is 37.1 Å². The second kappa shape index (κ2) is 5.94. The number of fused-ring (bicyclic) bond motifs is 1. The van der Waals surface area contributed by atoms with Crippen LogP contribution in [0.4, 0.5) is 10.5 Å². The van der Waals surface area contributed by atoms with Crippen LogP contribution in [0.15, 0.2) is 24.4 Å². The fraction of sp³-hybridized carbons (Fsp3) is 0.467. The Morgan fingerprint density at radius 2 is 2.36 bits per heavy atom. The van der Waals surface area contributed by atoms with Crippen LogP contribution in [0.3, 0.4) is 0 Å². The Balaban J connectivity index is 1.76. The molecule has 2 atom stereocenters. The van der Waals surface area contributed by atoms with Crippen LogP contribution in [0.1, 0.15) is 6.92 Å². The maximum absolute atomic E-state index is 12.4. The number of urea groups is 1. The highest BCUT2D eigenvalue weighted by Gasteiger charge is 2.33. The van der Waals surface area contributed by atoms with Gasteiger partial charge in [0, 0.05) is 24.7 Å². The number of carbonyl (C=O) groups excluding carboxylic acids is 1. The summed E-state index contributed by atoms with van der Waals surface area (Å²) in [6.45, 7) is 3.03. The number of aliphatic hydroxyl groups is 1. The van der Waals surface area contributed by atoms with E-state index < -0.39 is 6.10 Å². The third kappa shape index (κ3) is 2.65. The topological polar surface area (TPSA) is 79.6 Å². The second-order valence-corrected chi connectivity index (χ2v) is 5.43. The number of aromatic nitrogens is 2. The van der Waals surface area contributed by atoms with Crippen molar-refractivity contribution in [1.29, 1.82) is 0 Å². The molecule has 2 aromatic rings. The van der Waals surface area contributed by atoms with Gasteiger partial charge in [-0.3, -0.25) is 4.68 Å². The average molecular weight is 304 g/mol. The Morgan fingerprint density at radius 1 is 1.55 bits per heavy atom. The van der Waals surface area contributed by atoms with Crippen molar-refractivity contribution < 1.29 is 14.6 Å². The van der Waals surface area contributed by atoms with Crippen LogP contribution in [0.2, 0.25) is 0 Å². The molecule has 0 bridgehead atoms. The molecule has 2 heterocycles. The van der Waals surface area contributed by atoms with Gasteiger partial charge in [0.1, 0.15) is 0 Å². The lowest BCUT2D eigenvalue weighted by atomic mass is 10.2. The number of nitrogens with one attached hydrogen (secondary N) is 1. The summed E-state index contributed by atoms with van der Waals surface area (Å²) in [5.74, 6) is 0. The molecule has 0 saturated carbocycles. The first-order valence-electron chi connectivity index (χ1n) is 7.35. The number of aliphatic hydroxyl groups excluding tert-OH is 1. The van der Waals surface area contributed by atoms with Gasteiger partial charge in [-0.2, -0.15) is 5.10 Å². The van der Waals surface area contributed by atoms with Gasteiger partial charge >= 0.3 is 6.03 Å². The molecule has 0 aliphatic carbocycles. The lowest BCUT2D eigenvalue weighted by Crippen LogP contribution is -2.48. The first-order chi connectivity index (χ1) is 10.6. The Hall–Kier alpha value is -2.12. The summed E-state index contributed by atoms with van der Waals surface area (Å²) in [6.07, 6.45) is 1.13. The highest BCUT2D eigenvalue weighted by atomic mass is 16.5. The molecular formula is C15H20N4O3. The Morgan fingerprint density at radius 3 is 3.05 bits per heavy atom. The SMILES string of the molecule is CCN(C(=O)Nc1ccc2c(cnn2C)c1)[C@H]1COC[C@@H]1O. The van der Waals surface area contributed by atoms with Crippen molar-refractivity contribution in [3.05, 3.63) is 24.4 Å². The van der Waals surface area contributed by atoms with Crippen LogP contribution >= 0.6 is 0 Å². The van der Waals surface area contributed by atoms with Crippen molar-refractivity contribution in [2.45, 2.75) is 19.1 Å². The summed E-state index contributed by atoms with van der Waals surface area (Å²) < 4.78 is 7.01. The number of hydrogen-bond acceptors (Lipinski definition) is 4. The van der Waals surface area contributed by atoms with Crippen LogP contribution in [0.5, 0.6) is 0 Å². The minimum absolute atomic E-state index is 0.236. The molecule has 1 aliphatic heterocycles. The van der Waals surface area contributed by atoms with Crippen molar-refractivity contribution in [2.24, 2.45) is 7.05 Å². The number of benzene rings is 1. The molecule has 7 heteroatoms. The summed E-state index contributed by atoms with van der Waals surface area (Å²) in [4.78, 5) is 14.0. The molecule has 1 aromatic heterocycles. The lowest BCUT2D eigenvalue weighted by molar-refractivity contribution is 0.1000. The summed E-state index contributed by atoms with van der Waals surface area (Å²) in [6, 6.07) is 5.11. The van der Waals surface area contributed by atoms with Gasteiger partial charge in [-0.05, 0) is 25.1 Å². The van der Waals surface area contributed by atoms with Crippen molar-refractivity contribution in [1.82, 2.24) is 14.7 Å². The van der Waals surface area contributed by atoms with E-state index in [2.05, 4.69) is 10.4 Å². The molecule has 0 unspecified atom stereocenters. The van der Waals surface area contributed by atoms with E-state index in [0.29, 0.717) is 18.8 Å². The molecule has 1 aliphatic rings. The highest BCUT2D eigenvalue weighted by Crippen LogP contribution is 2.20. The highest BCUT2D eigenvalue weighted by molar-refractivity contribution is 5.92. The number of anilines is 1. The third-order valence-corrected chi connectivity index (χ3v) is 4.02. The molecular weight excluding hydrogens is 284 g/mol. The van der Waals surface area contributed by atoms with Gasteiger partial charge in [-0.15, -0.1) is 0 Å². The maximum Gasteiger partial charge on any atom is 0.322 e. The predicted molar refractivity (Wildman–Crippen MR) is 82.7 cm³/mol. The lowest BCUT2D eigenvalue weighted by Gasteiger charge is -2.28. The van der Waals surface area contributed by atoms with Gasteiger partial charge in [0.15, 0.2) is 0 Å². The van der Waals surface area contributed by atoms with Gasteiger partial charge in [-0.1, -0.05) is 0 Å². The fourth-order valence-electron chi connectivity index (χ4n) is 2.79. The Bertz CT molecular complexity index is 684. The molecule has 22 heavy (non-hydrogen) atoms. The number of hydrogen-bond donors (Lipinski definition) is 2. The molecule has 7 nitrogen and oxygen atoms in total. The first-order valence-corrected chi connectivity index (χ1v) is 7.35. The number of amides is 2.